The van der Waals surface area contributed by atoms with Gasteiger partial charge in [0.15, 0.2) is 0 Å². The first kappa shape index (κ1) is 10.4. The molecule has 0 bridgehead atoms. The molecular formula is C12H9FO3. The van der Waals surface area contributed by atoms with Gasteiger partial charge in [0.05, 0.1) is 13.4 Å². The number of benzene rings is 1. The fraction of sp³-hybridized carbons (Fsp3) is 0.0833. The van der Waals surface area contributed by atoms with Gasteiger partial charge >= 0.3 is 5.97 Å². The van der Waals surface area contributed by atoms with Crippen molar-refractivity contribution in [2.45, 2.75) is 0 Å². The highest BCUT2D eigenvalue weighted by atomic mass is 19.1. The van der Waals surface area contributed by atoms with Crippen LogP contribution in [0, 0.1) is 5.82 Å². The van der Waals surface area contributed by atoms with Crippen molar-refractivity contribution in [3.63, 3.8) is 0 Å². The molecule has 0 atom stereocenters. The van der Waals surface area contributed by atoms with Crippen LogP contribution in [0.3, 0.4) is 0 Å². The molecule has 0 spiro atoms. The SMILES string of the molecule is COC(=O)c1ccoc1-c1ccc(F)cc1. The lowest BCUT2D eigenvalue weighted by Gasteiger charge is -2.00. The van der Waals surface area contributed by atoms with E-state index >= 15 is 0 Å². The zero-order valence-electron chi connectivity index (χ0n) is 8.57. The van der Waals surface area contributed by atoms with Crippen molar-refractivity contribution >= 4 is 5.97 Å². The minimum atomic E-state index is -0.479. The molecule has 82 valence electrons. The van der Waals surface area contributed by atoms with Gasteiger partial charge in [-0.05, 0) is 30.3 Å². The van der Waals surface area contributed by atoms with Crippen molar-refractivity contribution in [1.82, 2.24) is 0 Å². The first-order valence-electron chi connectivity index (χ1n) is 4.64. The second-order valence-corrected chi connectivity index (χ2v) is 3.16. The van der Waals surface area contributed by atoms with Crippen LogP contribution < -0.4 is 0 Å². The van der Waals surface area contributed by atoms with Gasteiger partial charge < -0.3 is 9.15 Å². The van der Waals surface area contributed by atoms with Crippen LogP contribution in [-0.2, 0) is 4.74 Å². The number of furan rings is 1. The van der Waals surface area contributed by atoms with E-state index in [1.807, 2.05) is 0 Å². The molecule has 0 saturated carbocycles. The zero-order valence-corrected chi connectivity index (χ0v) is 8.57. The second-order valence-electron chi connectivity index (χ2n) is 3.16. The molecular weight excluding hydrogens is 211 g/mol. The number of methoxy groups -OCH3 is 1. The zero-order chi connectivity index (χ0) is 11.5. The largest absolute Gasteiger partial charge is 0.465 e. The molecule has 1 heterocycles. The lowest BCUT2D eigenvalue weighted by atomic mass is 10.1. The molecule has 0 fully saturated rings. The summed E-state index contributed by atoms with van der Waals surface area (Å²) in [5.41, 5.74) is 0.959. The van der Waals surface area contributed by atoms with Gasteiger partial charge in [-0.2, -0.15) is 0 Å². The molecule has 1 aromatic heterocycles. The van der Waals surface area contributed by atoms with Gasteiger partial charge in [-0.3, -0.25) is 0 Å². The minimum Gasteiger partial charge on any atom is -0.465 e. The highest BCUT2D eigenvalue weighted by Gasteiger charge is 2.16. The second kappa shape index (κ2) is 4.18. The number of carbonyl (C=O) groups excluding carboxylic acids is 1. The lowest BCUT2D eigenvalue weighted by molar-refractivity contribution is 0.0601. The van der Waals surface area contributed by atoms with Crippen LogP contribution in [0.15, 0.2) is 41.0 Å². The normalized spacial score (nSPS) is 10.1. The van der Waals surface area contributed by atoms with Crippen LogP contribution in [0.25, 0.3) is 11.3 Å². The Morgan fingerprint density at radius 1 is 1.25 bits per heavy atom. The summed E-state index contributed by atoms with van der Waals surface area (Å²) in [5.74, 6) is -0.435. The number of hydrogen-bond donors (Lipinski definition) is 0. The van der Waals surface area contributed by atoms with Crippen LogP contribution in [0.4, 0.5) is 4.39 Å². The average Bonchev–Trinajstić information content (AvgIpc) is 2.78. The van der Waals surface area contributed by atoms with Crippen LogP contribution in [0.2, 0.25) is 0 Å². The molecule has 0 aliphatic rings. The number of rotatable bonds is 2. The molecule has 2 aromatic rings. The summed E-state index contributed by atoms with van der Waals surface area (Å²) in [6.45, 7) is 0. The van der Waals surface area contributed by atoms with Crippen LogP contribution in [0.1, 0.15) is 10.4 Å². The highest BCUT2D eigenvalue weighted by molar-refractivity contribution is 5.95. The molecule has 0 radical (unpaired) electrons. The first-order chi connectivity index (χ1) is 7.72. The molecule has 1 aromatic carbocycles. The van der Waals surface area contributed by atoms with Crippen LogP contribution >= 0.6 is 0 Å². The molecule has 2 rings (SSSR count). The summed E-state index contributed by atoms with van der Waals surface area (Å²) >= 11 is 0. The quantitative estimate of drug-likeness (QED) is 0.730. The van der Waals surface area contributed by atoms with Crippen LogP contribution in [-0.4, -0.2) is 13.1 Å². The monoisotopic (exact) mass is 220 g/mol. The topological polar surface area (TPSA) is 39.4 Å². The fourth-order valence-electron chi connectivity index (χ4n) is 1.40. The van der Waals surface area contributed by atoms with Crippen molar-refractivity contribution in [1.29, 1.82) is 0 Å². The lowest BCUT2D eigenvalue weighted by Crippen LogP contribution is -2.00. The van der Waals surface area contributed by atoms with E-state index in [1.165, 1.54) is 31.6 Å². The van der Waals surface area contributed by atoms with Gasteiger partial charge in [-0.15, -0.1) is 0 Å². The van der Waals surface area contributed by atoms with E-state index in [-0.39, 0.29) is 5.82 Å². The summed E-state index contributed by atoms with van der Waals surface area (Å²) in [5, 5.41) is 0. The average molecular weight is 220 g/mol. The maximum Gasteiger partial charge on any atom is 0.341 e. The predicted octanol–water partition coefficient (Wildman–Crippen LogP) is 2.87. The molecule has 0 N–H and O–H groups in total. The number of ether oxygens (including phenoxy) is 1. The van der Waals surface area contributed by atoms with Crippen molar-refractivity contribution in [3.05, 3.63) is 48.0 Å². The van der Waals surface area contributed by atoms with Crippen molar-refractivity contribution in [3.8, 4) is 11.3 Å². The smallest absolute Gasteiger partial charge is 0.341 e. The van der Waals surface area contributed by atoms with E-state index in [9.17, 15) is 9.18 Å². The summed E-state index contributed by atoms with van der Waals surface area (Å²) in [6, 6.07) is 7.21. The minimum absolute atomic E-state index is 0.328. The Balaban J connectivity index is 2.44. The summed E-state index contributed by atoms with van der Waals surface area (Å²) in [7, 11) is 1.30. The summed E-state index contributed by atoms with van der Waals surface area (Å²) in [6.07, 6.45) is 1.39. The van der Waals surface area contributed by atoms with Gasteiger partial charge in [0.2, 0.25) is 0 Å². The standard InChI is InChI=1S/C12H9FO3/c1-15-12(14)10-6-7-16-11(10)8-2-4-9(13)5-3-8/h2-7H,1H3. The van der Waals surface area contributed by atoms with E-state index in [1.54, 1.807) is 12.1 Å². The Bertz CT molecular complexity index is 499. The molecule has 0 aliphatic heterocycles. The molecule has 0 aliphatic carbocycles. The van der Waals surface area contributed by atoms with Gasteiger partial charge in [0.25, 0.3) is 0 Å². The fourth-order valence-corrected chi connectivity index (χ4v) is 1.40. The molecule has 4 heteroatoms. The van der Waals surface area contributed by atoms with E-state index in [0.717, 1.165) is 0 Å². The van der Waals surface area contributed by atoms with E-state index < -0.39 is 5.97 Å². The third kappa shape index (κ3) is 1.82. The maximum atomic E-state index is 12.7. The number of hydrogen-bond acceptors (Lipinski definition) is 3. The van der Waals surface area contributed by atoms with Gasteiger partial charge in [-0.25, -0.2) is 9.18 Å². The Hall–Kier alpha value is -2.10. The first-order valence-corrected chi connectivity index (χ1v) is 4.64. The van der Waals surface area contributed by atoms with Gasteiger partial charge in [0.1, 0.15) is 17.1 Å². The Kier molecular flexibility index (Phi) is 2.72. The molecule has 0 amide bonds. The number of halogens is 1. The molecule has 0 unspecified atom stereocenters. The Morgan fingerprint density at radius 2 is 1.94 bits per heavy atom. The summed E-state index contributed by atoms with van der Waals surface area (Å²) in [4.78, 5) is 11.4. The van der Waals surface area contributed by atoms with Crippen LogP contribution in [0.5, 0.6) is 0 Å². The molecule has 16 heavy (non-hydrogen) atoms. The van der Waals surface area contributed by atoms with Crippen molar-refractivity contribution in [2.24, 2.45) is 0 Å². The Morgan fingerprint density at radius 3 is 2.56 bits per heavy atom. The third-order valence-electron chi connectivity index (χ3n) is 2.18. The summed E-state index contributed by atoms with van der Waals surface area (Å²) < 4.78 is 22.5. The Labute approximate surface area is 91.5 Å². The van der Waals surface area contributed by atoms with E-state index in [0.29, 0.717) is 16.9 Å². The van der Waals surface area contributed by atoms with Crippen molar-refractivity contribution in [2.75, 3.05) is 7.11 Å². The number of carbonyl (C=O) groups is 1. The molecule has 3 nitrogen and oxygen atoms in total. The predicted molar refractivity (Wildman–Crippen MR) is 55.4 cm³/mol. The number of esters is 1. The molecule has 0 saturated heterocycles. The van der Waals surface area contributed by atoms with E-state index in [2.05, 4.69) is 4.74 Å². The van der Waals surface area contributed by atoms with Crippen molar-refractivity contribution < 1.29 is 18.3 Å². The van der Waals surface area contributed by atoms with E-state index in [4.69, 9.17) is 4.42 Å². The highest BCUT2D eigenvalue weighted by Crippen LogP contribution is 2.25. The van der Waals surface area contributed by atoms with Gasteiger partial charge in [-0.1, -0.05) is 0 Å². The van der Waals surface area contributed by atoms with Gasteiger partial charge in [0, 0.05) is 5.56 Å². The maximum absolute atomic E-state index is 12.7. The third-order valence-corrected chi connectivity index (χ3v) is 2.18.